The van der Waals surface area contributed by atoms with Gasteiger partial charge in [-0.1, -0.05) is 12.1 Å². The molecule has 25 heavy (non-hydrogen) atoms. The Morgan fingerprint density at radius 2 is 1.92 bits per heavy atom. The molecule has 0 aliphatic rings. The Morgan fingerprint density at radius 1 is 1.12 bits per heavy atom. The van der Waals surface area contributed by atoms with Crippen molar-refractivity contribution in [3.63, 3.8) is 0 Å². The van der Waals surface area contributed by atoms with Crippen molar-refractivity contribution in [1.82, 2.24) is 14.1 Å². The minimum atomic E-state index is -0.339. The third-order valence-corrected chi connectivity index (χ3v) is 5.22. The average molecular weight is 353 g/mol. The highest BCUT2D eigenvalue weighted by Gasteiger charge is 2.16. The number of nitrogens with zero attached hydrogens (tertiary/aromatic N) is 3. The number of benzene rings is 1. The molecule has 0 amide bonds. The molecule has 1 aromatic carbocycles. The predicted octanol–water partition coefficient (Wildman–Crippen LogP) is 2.93. The van der Waals surface area contributed by atoms with Crippen LogP contribution in [-0.2, 0) is 14.1 Å². The van der Waals surface area contributed by atoms with Crippen molar-refractivity contribution in [2.45, 2.75) is 6.92 Å². The van der Waals surface area contributed by atoms with E-state index in [9.17, 15) is 9.59 Å². The molecule has 6 nitrogen and oxygen atoms in total. The summed E-state index contributed by atoms with van der Waals surface area (Å²) in [4.78, 5) is 30.1. The van der Waals surface area contributed by atoms with Crippen LogP contribution in [0.2, 0.25) is 0 Å². The lowest BCUT2D eigenvalue weighted by molar-refractivity contribution is 0.621. The molecule has 3 heterocycles. The molecule has 0 saturated carbocycles. The Labute approximate surface area is 146 Å². The second-order valence-corrected chi connectivity index (χ2v) is 6.79. The molecular formula is C18H15N3O3S. The van der Waals surface area contributed by atoms with Crippen molar-refractivity contribution in [1.29, 1.82) is 0 Å². The van der Waals surface area contributed by atoms with Gasteiger partial charge < -0.3 is 8.98 Å². The van der Waals surface area contributed by atoms with Crippen LogP contribution in [-0.4, -0.2) is 14.1 Å². The van der Waals surface area contributed by atoms with Gasteiger partial charge in [-0.15, -0.1) is 11.3 Å². The monoisotopic (exact) mass is 353 g/mol. The molecule has 0 aliphatic carbocycles. The molecule has 0 bridgehead atoms. The van der Waals surface area contributed by atoms with Crippen LogP contribution in [0.15, 0.2) is 49.7 Å². The van der Waals surface area contributed by atoms with E-state index >= 15 is 0 Å². The number of hydrogen-bond acceptors (Lipinski definition) is 5. The van der Waals surface area contributed by atoms with Gasteiger partial charge in [-0.25, -0.2) is 9.78 Å². The SMILES string of the molecule is Cc1c(-c2ccc3oc(-c4cccs4)nc3c2)c(=O)n(C)c(=O)n1C. The highest BCUT2D eigenvalue weighted by Crippen LogP contribution is 2.30. The number of hydrogen-bond donors (Lipinski definition) is 0. The fourth-order valence-corrected chi connectivity index (χ4v) is 3.52. The largest absolute Gasteiger partial charge is 0.435 e. The van der Waals surface area contributed by atoms with Crippen LogP contribution in [0.25, 0.3) is 33.0 Å². The van der Waals surface area contributed by atoms with Gasteiger partial charge in [-0.05, 0) is 36.1 Å². The molecule has 0 spiro atoms. The molecule has 0 unspecified atom stereocenters. The van der Waals surface area contributed by atoms with Gasteiger partial charge in [0.1, 0.15) is 5.52 Å². The summed E-state index contributed by atoms with van der Waals surface area (Å²) in [5, 5.41) is 1.97. The lowest BCUT2D eigenvalue weighted by atomic mass is 10.1. The van der Waals surface area contributed by atoms with Crippen molar-refractivity contribution in [2.24, 2.45) is 14.1 Å². The Hall–Kier alpha value is -2.93. The molecule has 4 aromatic rings. The van der Waals surface area contributed by atoms with Crippen LogP contribution < -0.4 is 11.2 Å². The zero-order chi connectivity index (χ0) is 17.7. The van der Waals surface area contributed by atoms with Crippen LogP contribution in [0.4, 0.5) is 0 Å². The van der Waals surface area contributed by atoms with Crippen molar-refractivity contribution in [3.8, 4) is 21.9 Å². The number of oxazole rings is 1. The van der Waals surface area contributed by atoms with Crippen LogP contribution >= 0.6 is 11.3 Å². The maximum atomic E-state index is 12.6. The second-order valence-electron chi connectivity index (χ2n) is 5.84. The van der Waals surface area contributed by atoms with Crippen molar-refractivity contribution >= 4 is 22.4 Å². The summed E-state index contributed by atoms with van der Waals surface area (Å²) >= 11 is 1.55. The lowest BCUT2D eigenvalue weighted by Gasteiger charge is -2.11. The van der Waals surface area contributed by atoms with Crippen LogP contribution in [0.1, 0.15) is 5.69 Å². The van der Waals surface area contributed by atoms with Crippen molar-refractivity contribution < 1.29 is 4.42 Å². The number of thiophene rings is 1. The summed E-state index contributed by atoms with van der Waals surface area (Å²) in [5.41, 5.74) is 2.51. The number of fused-ring (bicyclic) bond motifs is 1. The van der Waals surface area contributed by atoms with Gasteiger partial charge in [0.2, 0.25) is 5.89 Å². The Morgan fingerprint density at radius 3 is 2.64 bits per heavy atom. The highest BCUT2D eigenvalue weighted by atomic mass is 32.1. The summed E-state index contributed by atoms with van der Waals surface area (Å²) in [6, 6.07) is 9.34. The molecule has 3 aromatic heterocycles. The zero-order valence-electron chi connectivity index (χ0n) is 13.9. The normalized spacial score (nSPS) is 11.3. The van der Waals surface area contributed by atoms with Crippen molar-refractivity contribution in [2.75, 3.05) is 0 Å². The molecule has 0 N–H and O–H groups in total. The smallest absolute Gasteiger partial charge is 0.330 e. The van der Waals surface area contributed by atoms with Crippen molar-refractivity contribution in [3.05, 3.63) is 62.2 Å². The van der Waals surface area contributed by atoms with E-state index in [1.54, 1.807) is 31.4 Å². The summed E-state index contributed by atoms with van der Waals surface area (Å²) in [6.07, 6.45) is 0. The minimum Gasteiger partial charge on any atom is -0.435 e. The van der Waals surface area contributed by atoms with Crippen LogP contribution in [0.5, 0.6) is 0 Å². The fourth-order valence-electron chi connectivity index (χ4n) is 2.87. The standard InChI is InChI=1S/C18H15N3O3S/c1-10-15(17(22)21(3)18(23)20(10)2)11-6-7-13-12(9-11)19-16(24-13)14-5-4-8-25-14/h4-9H,1-3H3. The molecule has 126 valence electrons. The molecule has 7 heteroatoms. The first-order valence-corrected chi connectivity index (χ1v) is 8.57. The summed E-state index contributed by atoms with van der Waals surface area (Å²) in [6.45, 7) is 1.77. The van der Waals surface area contributed by atoms with Gasteiger partial charge >= 0.3 is 5.69 Å². The van der Waals surface area contributed by atoms with Gasteiger partial charge in [0, 0.05) is 19.8 Å². The Balaban J connectivity index is 1.94. The molecule has 0 fully saturated rings. The fraction of sp³-hybridized carbons (Fsp3) is 0.167. The average Bonchev–Trinajstić information content (AvgIpc) is 3.27. The van der Waals surface area contributed by atoms with Gasteiger partial charge in [0.25, 0.3) is 5.56 Å². The first-order chi connectivity index (χ1) is 12.0. The maximum Gasteiger partial charge on any atom is 0.330 e. The molecule has 0 aliphatic heterocycles. The van der Waals surface area contributed by atoms with E-state index in [4.69, 9.17) is 4.42 Å². The third kappa shape index (κ3) is 2.35. The van der Waals surface area contributed by atoms with E-state index in [1.165, 1.54) is 11.6 Å². The predicted molar refractivity (Wildman–Crippen MR) is 98.0 cm³/mol. The van der Waals surface area contributed by atoms with E-state index in [0.717, 1.165) is 9.44 Å². The Bertz CT molecular complexity index is 1210. The van der Waals surface area contributed by atoms with Crippen LogP contribution in [0.3, 0.4) is 0 Å². The van der Waals surface area contributed by atoms with E-state index in [1.807, 2.05) is 29.6 Å². The summed E-state index contributed by atoms with van der Waals surface area (Å²) in [7, 11) is 3.14. The van der Waals surface area contributed by atoms with Gasteiger partial charge in [0.15, 0.2) is 5.58 Å². The van der Waals surface area contributed by atoms with Gasteiger partial charge in [-0.2, -0.15) is 0 Å². The number of rotatable bonds is 2. The topological polar surface area (TPSA) is 70.0 Å². The van der Waals surface area contributed by atoms with E-state index in [-0.39, 0.29) is 11.2 Å². The first kappa shape index (κ1) is 15.6. The lowest BCUT2D eigenvalue weighted by Crippen LogP contribution is -2.39. The minimum absolute atomic E-state index is 0.318. The quantitative estimate of drug-likeness (QED) is 0.556. The van der Waals surface area contributed by atoms with Crippen LogP contribution in [0, 0.1) is 6.92 Å². The molecule has 4 rings (SSSR count). The first-order valence-electron chi connectivity index (χ1n) is 7.69. The van der Waals surface area contributed by atoms with E-state index in [0.29, 0.717) is 33.8 Å². The maximum absolute atomic E-state index is 12.6. The third-order valence-electron chi connectivity index (χ3n) is 4.37. The van der Waals surface area contributed by atoms with E-state index in [2.05, 4.69) is 4.98 Å². The Kier molecular flexibility index (Phi) is 3.47. The second kappa shape index (κ2) is 5.56. The van der Waals surface area contributed by atoms with Gasteiger partial charge in [-0.3, -0.25) is 9.36 Å². The summed E-state index contributed by atoms with van der Waals surface area (Å²) in [5.74, 6) is 0.562. The zero-order valence-corrected chi connectivity index (χ0v) is 14.8. The molecule has 0 atom stereocenters. The molecule has 0 radical (unpaired) electrons. The number of aromatic nitrogens is 3. The van der Waals surface area contributed by atoms with E-state index < -0.39 is 0 Å². The van der Waals surface area contributed by atoms with Gasteiger partial charge in [0.05, 0.1) is 10.4 Å². The molecular weight excluding hydrogens is 338 g/mol. The summed E-state index contributed by atoms with van der Waals surface area (Å²) < 4.78 is 8.38. The highest BCUT2D eigenvalue weighted by molar-refractivity contribution is 7.13. The molecule has 0 saturated heterocycles.